The Morgan fingerprint density at radius 3 is 2.61 bits per heavy atom. The Kier molecular flexibility index (Phi) is 5.34. The van der Waals surface area contributed by atoms with Crippen LogP contribution in [-0.4, -0.2) is 34.7 Å². The van der Waals surface area contributed by atoms with Crippen LogP contribution in [0.2, 0.25) is 0 Å². The summed E-state index contributed by atoms with van der Waals surface area (Å²) in [6, 6.07) is -0.0168. The summed E-state index contributed by atoms with van der Waals surface area (Å²) >= 11 is 0. The van der Waals surface area contributed by atoms with Gasteiger partial charge in [-0.25, -0.2) is 4.98 Å². The van der Waals surface area contributed by atoms with Gasteiger partial charge in [0.25, 0.3) is 0 Å². The van der Waals surface area contributed by atoms with E-state index in [0.717, 1.165) is 17.9 Å². The average molecular weight is 253 g/mol. The summed E-state index contributed by atoms with van der Waals surface area (Å²) in [6.45, 7) is 8.80. The van der Waals surface area contributed by atoms with Crippen LogP contribution in [0, 0.1) is 13.8 Å². The first-order valence-electron chi connectivity index (χ1n) is 6.28. The fourth-order valence-corrected chi connectivity index (χ4v) is 1.85. The Hall–Kier alpha value is -1.36. The number of hydrogen-bond donors (Lipinski definition) is 1. The molecule has 0 aliphatic rings. The molecule has 0 fully saturated rings. The molecule has 0 bridgehead atoms. The maximum absolute atomic E-state index is 11.6. The normalized spacial score (nSPS) is 12.8. The van der Waals surface area contributed by atoms with Crippen LogP contribution in [0.5, 0.6) is 0 Å². The molecule has 0 saturated carbocycles. The minimum atomic E-state index is -0.267. The van der Waals surface area contributed by atoms with Gasteiger partial charge >= 0.3 is 5.97 Å². The van der Waals surface area contributed by atoms with Crippen LogP contribution in [0.25, 0.3) is 0 Å². The van der Waals surface area contributed by atoms with Gasteiger partial charge in [-0.1, -0.05) is 13.8 Å². The largest absolute Gasteiger partial charge is 0.468 e. The second-order valence-electron chi connectivity index (χ2n) is 4.79. The van der Waals surface area contributed by atoms with E-state index in [-0.39, 0.29) is 18.1 Å². The smallest absolute Gasteiger partial charge is 0.322 e. The van der Waals surface area contributed by atoms with E-state index in [4.69, 9.17) is 4.74 Å². The van der Waals surface area contributed by atoms with Crippen molar-refractivity contribution >= 4 is 5.97 Å². The number of rotatable bonds is 6. The minimum absolute atomic E-state index is 0.210. The number of imidazole rings is 1. The van der Waals surface area contributed by atoms with Crippen molar-refractivity contribution in [1.29, 1.82) is 0 Å². The SMILES string of the molecule is COC(=O)C(CCn1cnc(C)c1C)NC(C)C. The van der Waals surface area contributed by atoms with Gasteiger partial charge in [-0.3, -0.25) is 4.79 Å². The molecule has 1 N–H and O–H groups in total. The minimum Gasteiger partial charge on any atom is -0.468 e. The van der Waals surface area contributed by atoms with Crippen LogP contribution in [0.4, 0.5) is 0 Å². The number of carbonyl (C=O) groups is 1. The van der Waals surface area contributed by atoms with E-state index in [0.29, 0.717) is 6.42 Å². The molecule has 0 aromatic carbocycles. The number of nitrogens with zero attached hydrogens (tertiary/aromatic N) is 2. The fourth-order valence-electron chi connectivity index (χ4n) is 1.85. The zero-order valence-electron chi connectivity index (χ0n) is 11.9. The third kappa shape index (κ3) is 3.84. The van der Waals surface area contributed by atoms with E-state index in [2.05, 4.69) is 14.9 Å². The summed E-state index contributed by atoms with van der Waals surface area (Å²) < 4.78 is 6.87. The molecule has 1 atom stereocenters. The molecule has 1 rings (SSSR count). The van der Waals surface area contributed by atoms with Gasteiger partial charge in [0.15, 0.2) is 0 Å². The molecule has 18 heavy (non-hydrogen) atoms. The monoisotopic (exact) mass is 253 g/mol. The fraction of sp³-hybridized carbons (Fsp3) is 0.692. The average Bonchev–Trinajstić information content (AvgIpc) is 2.64. The third-order valence-corrected chi connectivity index (χ3v) is 3.02. The van der Waals surface area contributed by atoms with Crippen molar-refractivity contribution in [1.82, 2.24) is 14.9 Å². The summed E-state index contributed by atoms with van der Waals surface area (Å²) in [6.07, 6.45) is 2.51. The van der Waals surface area contributed by atoms with Gasteiger partial charge in [-0.2, -0.15) is 0 Å². The first-order chi connectivity index (χ1) is 8.45. The van der Waals surface area contributed by atoms with E-state index < -0.39 is 0 Å². The number of aromatic nitrogens is 2. The van der Waals surface area contributed by atoms with Gasteiger partial charge in [0.05, 0.1) is 19.1 Å². The molecular weight excluding hydrogens is 230 g/mol. The van der Waals surface area contributed by atoms with E-state index in [9.17, 15) is 4.79 Å². The molecule has 0 aliphatic heterocycles. The zero-order chi connectivity index (χ0) is 13.7. The highest BCUT2D eigenvalue weighted by atomic mass is 16.5. The van der Waals surface area contributed by atoms with Crippen LogP contribution in [-0.2, 0) is 16.1 Å². The van der Waals surface area contributed by atoms with Gasteiger partial charge in [0, 0.05) is 18.3 Å². The third-order valence-electron chi connectivity index (χ3n) is 3.02. The number of aryl methyl sites for hydroxylation is 2. The molecule has 1 heterocycles. The first-order valence-corrected chi connectivity index (χ1v) is 6.28. The number of esters is 1. The lowest BCUT2D eigenvalue weighted by Gasteiger charge is -2.19. The summed E-state index contributed by atoms with van der Waals surface area (Å²) in [7, 11) is 1.42. The Balaban J connectivity index is 2.61. The molecule has 0 amide bonds. The van der Waals surface area contributed by atoms with E-state index in [1.807, 2.05) is 34.0 Å². The van der Waals surface area contributed by atoms with Crippen molar-refractivity contribution in [3.8, 4) is 0 Å². The Morgan fingerprint density at radius 2 is 2.17 bits per heavy atom. The van der Waals surface area contributed by atoms with Crippen molar-refractivity contribution in [3.63, 3.8) is 0 Å². The van der Waals surface area contributed by atoms with Gasteiger partial charge < -0.3 is 14.6 Å². The van der Waals surface area contributed by atoms with E-state index >= 15 is 0 Å². The molecule has 1 aromatic heterocycles. The quantitative estimate of drug-likeness (QED) is 0.779. The van der Waals surface area contributed by atoms with Crippen molar-refractivity contribution < 1.29 is 9.53 Å². The number of hydrogen-bond acceptors (Lipinski definition) is 4. The van der Waals surface area contributed by atoms with Gasteiger partial charge in [0.2, 0.25) is 0 Å². The Bertz CT molecular complexity index is 399. The second-order valence-corrected chi connectivity index (χ2v) is 4.79. The lowest BCUT2D eigenvalue weighted by atomic mass is 10.2. The molecule has 1 aromatic rings. The summed E-state index contributed by atoms with van der Waals surface area (Å²) in [4.78, 5) is 15.9. The molecule has 5 heteroatoms. The van der Waals surface area contributed by atoms with Crippen LogP contribution in [0.1, 0.15) is 31.7 Å². The maximum Gasteiger partial charge on any atom is 0.322 e. The van der Waals surface area contributed by atoms with E-state index in [1.54, 1.807) is 0 Å². The lowest BCUT2D eigenvalue weighted by Crippen LogP contribution is -2.42. The first kappa shape index (κ1) is 14.7. The maximum atomic E-state index is 11.6. The molecule has 0 radical (unpaired) electrons. The topological polar surface area (TPSA) is 56.2 Å². The van der Waals surface area contributed by atoms with Crippen LogP contribution >= 0.6 is 0 Å². The standard InChI is InChI=1S/C13H23N3O2/c1-9(2)15-12(13(17)18-5)6-7-16-8-14-10(3)11(16)4/h8-9,12,15H,6-7H2,1-5H3. The number of methoxy groups -OCH3 is 1. The summed E-state index contributed by atoms with van der Waals surface area (Å²) in [5.74, 6) is -0.210. The second kappa shape index (κ2) is 6.54. The number of ether oxygens (including phenoxy) is 1. The van der Waals surface area contributed by atoms with Crippen LogP contribution in [0.3, 0.4) is 0 Å². The highest BCUT2D eigenvalue weighted by Gasteiger charge is 2.19. The summed E-state index contributed by atoms with van der Waals surface area (Å²) in [5, 5.41) is 3.22. The van der Waals surface area contributed by atoms with Crippen molar-refractivity contribution in [2.24, 2.45) is 0 Å². The molecule has 0 saturated heterocycles. The Labute approximate surface area is 109 Å². The van der Waals surface area contributed by atoms with E-state index in [1.165, 1.54) is 7.11 Å². The highest BCUT2D eigenvalue weighted by Crippen LogP contribution is 2.07. The van der Waals surface area contributed by atoms with Crippen LogP contribution in [0.15, 0.2) is 6.33 Å². The van der Waals surface area contributed by atoms with Gasteiger partial charge in [0.1, 0.15) is 6.04 Å². The number of nitrogens with one attached hydrogen (secondary N) is 1. The van der Waals surface area contributed by atoms with Gasteiger partial charge in [-0.05, 0) is 20.3 Å². The predicted molar refractivity (Wildman–Crippen MR) is 70.4 cm³/mol. The molecule has 102 valence electrons. The highest BCUT2D eigenvalue weighted by molar-refractivity contribution is 5.75. The molecule has 5 nitrogen and oxygen atoms in total. The molecule has 0 aliphatic carbocycles. The van der Waals surface area contributed by atoms with Crippen molar-refractivity contribution in [3.05, 3.63) is 17.7 Å². The van der Waals surface area contributed by atoms with Crippen LogP contribution < -0.4 is 5.32 Å². The zero-order valence-corrected chi connectivity index (χ0v) is 11.9. The van der Waals surface area contributed by atoms with Gasteiger partial charge in [-0.15, -0.1) is 0 Å². The Morgan fingerprint density at radius 1 is 1.50 bits per heavy atom. The van der Waals surface area contributed by atoms with Crippen molar-refractivity contribution in [2.75, 3.05) is 7.11 Å². The predicted octanol–water partition coefficient (Wildman–Crippen LogP) is 1.43. The summed E-state index contributed by atoms with van der Waals surface area (Å²) in [5.41, 5.74) is 2.17. The van der Waals surface area contributed by atoms with Crippen molar-refractivity contribution in [2.45, 2.75) is 52.7 Å². The molecule has 0 spiro atoms. The lowest BCUT2D eigenvalue weighted by molar-refractivity contribution is -0.143. The molecular formula is C13H23N3O2. The number of carbonyl (C=O) groups excluding carboxylic acids is 1. The molecule has 1 unspecified atom stereocenters.